The molecule has 0 aliphatic rings. The summed E-state index contributed by atoms with van der Waals surface area (Å²) in [5.74, 6) is 1.94. The number of rotatable bonds is 4. The first-order valence-corrected chi connectivity index (χ1v) is 7.20. The first-order chi connectivity index (χ1) is 9.97. The number of hydrogen-bond donors (Lipinski definition) is 2. The lowest BCUT2D eigenvalue weighted by Gasteiger charge is -2.16. The van der Waals surface area contributed by atoms with Crippen LogP contribution in [0.2, 0.25) is 0 Å². The quantitative estimate of drug-likeness (QED) is 0.863. The molecule has 0 spiro atoms. The van der Waals surface area contributed by atoms with Gasteiger partial charge in [-0.1, -0.05) is 32.0 Å². The number of nitrogens with one attached hydrogen (secondary N) is 2. The van der Waals surface area contributed by atoms with Crippen LogP contribution in [0.1, 0.15) is 49.8 Å². The van der Waals surface area contributed by atoms with E-state index in [1.165, 1.54) is 0 Å². The van der Waals surface area contributed by atoms with Crippen LogP contribution in [0, 0.1) is 6.92 Å². The summed E-state index contributed by atoms with van der Waals surface area (Å²) in [5.41, 5.74) is 1.96. The number of carbonyl (C=O) groups is 1. The van der Waals surface area contributed by atoms with E-state index in [9.17, 15) is 4.79 Å². The normalized spacial score (nSPS) is 12.2. The van der Waals surface area contributed by atoms with Crippen LogP contribution in [-0.4, -0.2) is 6.03 Å². The molecule has 0 radical (unpaired) electrons. The number of anilines is 1. The van der Waals surface area contributed by atoms with Gasteiger partial charge in [0.1, 0.15) is 11.5 Å². The predicted molar refractivity (Wildman–Crippen MR) is 84.5 cm³/mol. The van der Waals surface area contributed by atoms with Crippen molar-refractivity contribution >= 4 is 11.7 Å². The number of urea groups is 1. The third kappa shape index (κ3) is 3.88. The molecule has 0 bridgehead atoms. The zero-order chi connectivity index (χ0) is 15.4. The summed E-state index contributed by atoms with van der Waals surface area (Å²) < 4.78 is 5.52. The highest BCUT2D eigenvalue weighted by atomic mass is 16.3. The number of benzene rings is 1. The monoisotopic (exact) mass is 286 g/mol. The molecule has 2 amide bonds. The number of hydrogen-bond acceptors (Lipinski definition) is 2. The van der Waals surface area contributed by atoms with E-state index in [1.807, 2.05) is 50.2 Å². The van der Waals surface area contributed by atoms with Crippen molar-refractivity contribution in [2.24, 2.45) is 0 Å². The third-order valence-corrected chi connectivity index (χ3v) is 3.37. The van der Waals surface area contributed by atoms with Crippen LogP contribution in [0.25, 0.3) is 0 Å². The van der Waals surface area contributed by atoms with E-state index in [1.54, 1.807) is 0 Å². The Kier molecular flexibility index (Phi) is 4.68. The van der Waals surface area contributed by atoms with Gasteiger partial charge in [0.2, 0.25) is 0 Å². The number of carbonyl (C=O) groups excluding carboxylic acids is 1. The Morgan fingerprint density at radius 2 is 1.81 bits per heavy atom. The van der Waals surface area contributed by atoms with Gasteiger partial charge >= 0.3 is 6.03 Å². The Morgan fingerprint density at radius 1 is 1.10 bits per heavy atom. The maximum absolute atomic E-state index is 12.1. The highest BCUT2D eigenvalue weighted by molar-refractivity contribution is 5.90. The molecular formula is C17H22N2O2. The number of aryl methyl sites for hydroxylation is 1. The molecule has 1 atom stereocenters. The Morgan fingerprint density at radius 3 is 2.43 bits per heavy atom. The van der Waals surface area contributed by atoms with Crippen LogP contribution in [0.5, 0.6) is 0 Å². The van der Waals surface area contributed by atoms with Crippen molar-refractivity contribution in [3.63, 3.8) is 0 Å². The minimum Gasteiger partial charge on any atom is -0.464 e. The summed E-state index contributed by atoms with van der Waals surface area (Å²) in [5, 5.41) is 5.79. The summed E-state index contributed by atoms with van der Waals surface area (Å²) in [6.45, 7) is 7.99. The number of amides is 2. The molecule has 1 aromatic heterocycles. The molecule has 0 saturated heterocycles. The lowest BCUT2D eigenvalue weighted by molar-refractivity contribution is 0.247. The zero-order valence-electron chi connectivity index (χ0n) is 12.9. The molecule has 2 rings (SSSR count). The minimum absolute atomic E-state index is 0.176. The topological polar surface area (TPSA) is 54.3 Å². The first kappa shape index (κ1) is 15.2. The molecule has 0 aliphatic carbocycles. The third-order valence-electron chi connectivity index (χ3n) is 3.37. The van der Waals surface area contributed by atoms with Crippen LogP contribution in [0.4, 0.5) is 10.5 Å². The maximum atomic E-state index is 12.1. The molecule has 4 heteroatoms. The number of furan rings is 1. The molecule has 21 heavy (non-hydrogen) atoms. The Balaban J connectivity index is 2.02. The Hall–Kier alpha value is -2.23. The average molecular weight is 286 g/mol. The van der Waals surface area contributed by atoms with Crippen molar-refractivity contribution in [3.8, 4) is 0 Å². The second-order valence-electron chi connectivity index (χ2n) is 5.51. The Bertz CT molecular complexity index is 617. The highest BCUT2D eigenvalue weighted by Gasteiger charge is 2.14. The van der Waals surface area contributed by atoms with Gasteiger partial charge < -0.3 is 15.1 Å². The van der Waals surface area contributed by atoms with Crippen molar-refractivity contribution in [1.29, 1.82) is 0 Å². The van der Waals surface area contributed by atoms with Gasteiger partial charge in [-0.15, -0.1) is 0 Å². The van der Waals surface area contributed by atoms with Crippen LogP contribution >= 0.6 is 0 Å². The molecule has 1 aromatic carbocycles. The van der Waals surface area contributed by atoms with Crippen LogP contribution in [0.3, 0.4) is 0 Å². The Labute approximate surface area is 125 Å². The molecule has 0 aliphatic heterocycles. The maximum Gasteiger partial charge on any atom is 0.319 e. The van der Waals surface area contributed by atoms with Gasteiger partial charge in [0.25, 0.3) is 0 Å². The summed E-state index contributed by atoms with van der Waals surface area (Å²) >= 11 is 0. The van der Waals surface area contributed by atoms with E-state index in [2.05, 4.69) is 24.5 Å². The van der Waals surface area contributed by atoms with Gasteiger partial charge in [0.05, 0.1) is 6.04 Å². The van der Waals surface area contributed by atoms with E-state index in [0.717, 1.165) is 22.8 Å². The van der Waals surface area contributed by atoms with Gasteiger partial charge in [-0.3, -0.25) is 0 Å². The first-order valence-electron chi connectivity index (χ1n) is 7.20. The zero-order valence-corrected chi connectivity index (χ0v) is 12.9. The predicted octanol–water partition coefficient (Wildman–Crippen LogP) is 4.59. The summed E-state index contributed by atoms with van der Waals surface area (Å²) in [6.07, 6.45) is 0. The van der Waals surface area contributed by atoms with Crippen LogP contribution in [0.15, 0.2) is 40.8 Å². The van der Waals surface area contributed by atoms with Crippen molar-refractivity contribution in [2.75, 3.05) is 5.32 Å². The van der Waals surface area contributed by atoms with Crippen LogP contribution < -0.4 is 10.6 Å². The summed E-state index contributed by atoms with van der Waals surface area (Å²) in [4.78, 5) is 12.1. The molecule has 112 valence electrons. The van der Waals surface area contributed by atoms with Crippen LogP contribution in [-0.2, 0) is 0 Å². The molecule has 4 nitrogen and oxygen atoms in total. The van der Waals surface area contributed by atoms with Crippen molar-refractivity contribution in [1.82, 2.24) is 5.32 Å². The highest BCUT2D eigenvalue weighted by Crippen LogP contribution is 2.24. The smallest absolute Gasteiger partial charge is 0.319 e. The molecule has 2 aromatic rings. The van der Waals surface area contributed by atoms with Gasteiger partial charge in [0, 0.05) is 5.69 Å². The van der Waals surface area contributed by atoms with E-state index in [-0.39, 0.29) is 12.1 Å². The lowest BCUT2D eigenvalue weighted by Crippen LogP contribution is -2.31. The van der Waals surface area contributed by atoms with Gasteiger partial charge in [-0.2, -0.15) is 0 Å². The molecule has 0 unspecified atom stereocenters. The average Bonchev–Trinajstić information content (AvgIpc) is 2.85. The minimum atomic E-state index is -0.232. The van der Waals surface area contributed by atoms with E-state index in [4.69, 9.17) is 4.42 Å². The second kappa shape index (κ2) is 6.48. The standard InChI is InChI=1S/C17H22N2O2/c1-11(2)14-7-5-6-8-15(14)19-17(20)18-13(4)16-10-9-12(3)21-16/h5-11,13H,1-4H3,(H2,18,19,20)/t13-/m1/s1. The second-order valence-corrected chi connectivity index (χ2v) is 5.51. The molecule has 0 fully saturated rings. The molecule has 0 saturated carbocycles. The lowest BCUT2D eigenvalue weighted by atomic mass is 10.0. The fourth-order valence-corrected chi connectivity index (χ4v) is 2.23. The van der Waals surface area contributed by atoms with Crippen molar-refractivity contribution < 1.29 is 9.21 Å². The van der Waals surface area contributed by atoms with Gasteiger partial charge in [-0.05, 0) is 43.5 Å². The van der Waals surface area contributed by atoms with E-state index in [0.29, 0.717) is 5.92 Å². The van der Waals surface area contributed by atoms with E-state index < -0.39 is 0 Å². The fourth-order valence-electron chi connectivity index (χ4n) is 2.23. The molecule has 1 heterocycles. The van der Waals surface area contributed by atoms with Gasteiger partial charge in [0.15, 0.2) is 0 Å². The fraction of sp³-hybridized carbons (Fsp3) is 0.353. The summed E-state index contributed by atoms with van der Waals surface area (Å²) in [7, 11) is 0. The van der Waals surface area contributed by atoms with Gasteiger partial charge in [-0.25, -0.2) is 4.79 Å². The SMILES string of the molecule is Cc1ccc([C@@H](C)NC(=O)Nc2ccccc2C(C)C)o1. The van der Waals surface area contributed by atoms with Crippen molar-refractivity contribution in [2.45, 2.75) is 39.7 Å². The molecule has 2 N–H and O–H groups in total. The largest absolute Gasteiger partial charge is 0.464 e. The summed E-state index contributed by atoms with van der Waals surface area (Å²) in [6, 6.07) is 11.2. The van der Waals surface area contributed by atoms with Crippen molar-refractivity contribution in [3.05, 3.63) is 53.5 Å². The number of para-hydroxylation sites is 1. The molecular weight excluding hydrogens is 264 g/mol. The van der Waals surface area contributed by atoms with E-state index >= 15 is 0 Å².